The molecule has 5 heteroatoms. The van der Waals surface area contributed by atoms with Crippen LogP contribution in [0.4, 0.5) is 0 Å². The van der Waals surface area contributed by atoms with E-state index in [1.54, 1.807) is 0 Å². The molecule has 0 heterocycles. The van der Waals surface area contributed by atoms with E-state index in [1.165, 1.54) is 44.9 Å². The van der Waals surface area contributed by atoms with Gasteiger partial charge in [0.25, 0.3) is 0 Å². The van der Waals surface area contributed by atoms with Crippen molar-refractivity contribution in [2.75, 3.05) is 0 Å². The zero-order chi connectivity index (χ0) is 15.1. The van der Waals surface area contributed by atoms with E-state index in [4.69, 9.17) is 5.26 Å². The number of carbonyl (C=O) groups is 2. The van der Waals surface area contributed by atoms with E-state index in [0.717, 1.165) is 11.6 Å². The number of hydrogen-bond acceptors (Lipinski definition) is 4. The summed E-state index contributed by atoms with van der Waals surface area (Å²) in [4.78, 5) is 25.8. The molecule has 0 saturated heterocycles. The summed E-state index contributed by atoms with van der Waals surface area (Å²) in [5.41, 5.74) is 0. The molecule has 0 bridgehead atoms. The molecule has 1 unspecified atom stereocenters. The van der Waals surface area contributed by atoms with E-state index < -0.39 is 21.7 Å². The van der Waals surface area contributed by atoms with Gasteiger partial charge in [-0.1, -0.05) is 0 Å². The fourth-order valence-corrected chi connectivity index (χ4v) is 4.22. The summed E-state index contributed by atoms with van der Waals surface area (Å²) in [5.74, 6) is -0.614. The van der Waals surface area contributed by atoms with E-state index in [-0.39, 0.29) is 6.42 Å². The van der Waals surface area contributed by atoms with E-state index in [2.05, 4.69) is 11.8 Å². The maximum absolute atomic E-state index is 11.6. The van der Waals surface area contributed by atoms with Crippen LogP contribution in [0, 0.1) is 0 Å². The summed E-state index contributed by atoms with van der Waals surface area (Å²) in [6, 6.07) is 0. The van der Waals surface area contributed by atoms with E-state index in [0.29, 0.717) is 17.4 Å². The third-order valence-electron chi connectivity index (χ3n) is 3.24. The van der Waals surface area contributed by atoms with Crippen molar-refractivity contribution in [2.45, 2.75) is 82.8 Å². The minimum absolute atomic E-state index is 0.196. The zero-order valence-corrected chi connectivity index (χ0v) is 14.8. The average Bonchev–Trinajstić information content (AvgIpc) is 2.46. The number of rotatable bonds is 14. The van der Waals surface area contributed by atoms with Crippen molar-refractivity contribution < 1.29 is 19.7 Å². The summed E-state index contributed by atoms with van der Waals surface area (Å²) in [6.45, 7) is 2.23. The van der Waals surface area contributed by atoms with Crippen molar-refractivity contribution in [3.63, 3.8) is 0 Å². The molecule has 20 heavy (non-hydrogen) atoms. The van der Waals surface area contributed by atoms with Gasteiger partial charge in [0.2, 0.25) is 0 Å². The van der Waals surface area contributed by atoms with Crippen molar-refractivity contribution in [3.05, 3.63) is 0 Å². The van der Waals surface area contributed by atoms with Gasteiger partial charge in [-0.15, -0.1) is 0 Å². The van der Waals surface area contributed by atoms with E-state index in [1.807, 2.05) is 0 Å². The van der Waals surface area contributed by atoms with Crippen molar-refractivity contribution >= 4 is 26.3 Å². The van der Waals surface area contributed by atoms with Crippen LogP contribution in [-0.2, 0) is 14.5 Å². The molecular weight excluding hydrogens is 319 g/mol. The molecule has 0 aliphatic carbocycles. The average molecular weight is 348 g/mol. The fraction of sp³-hybridized carbons (Fsp3) is 0.867. The van der Waals surface area contributed by atoms with E-state index >= 15 is 0 Å². The van der Waals surface area contributed by atoms with Gasteiger partial charge in [-0.25, -0.2) is 0 Å². The van der Waals surface area contributed by atoms with Gasteiger partial charge >= 0.3 is 129 Å². The van der Waals surface area contributed by atoms with Crippen molar-refractivity contribution in [1.29, 1.82) is 0 Å². The first kappa shape index (κ1) is 19.7. The SMILES string of the molecule is CCCCCCCCC[AsH]C(=O)CCCCC(=O)OO. The van der Waals surface area contributed by atoms with Gasteiger partial charge in [0, 0.05) is 0 Å². The number of unbranched alkanes of at least 4 members (excludes halogenated alkanes) is 7. The van der Waals surface area contributed by atoms with Crippen LogP contribution in [0.5, 0.6) is 0 Å². The van der Waals surface area contributed by atoms with Crippen LogP contribution in [0.1, 0.15) is 77.6 Å². The molecule has 0 rings (SSSR count). The molecular formula is C15H29AsO4. The standard InChI is InChI=1S/C15H29AsO4/c1-2-3-4-5-6-7-10-13-16-14(17)11-8-9-12-15(18)20-19/h16,19H,2-13H2,1H3. The molecule has 0 aromatic heterocycles. The summed E-state index contributed by atoms with van der Waals surface area (Å²) >= 11 is -0.442. The van der Waals surface area contributed by atoms with Crippen LogP contribution in [-0.4, -0.2) is 31.5 Å². The first-order chi connectivity index (χ1) is 9.70. The van der Waals surface area contributed by atoms with Crippen LogP contribution in [0.3, 0.4) is 0 Å². The predicted molar refractivity (Wildman–Crippen MR) is 82.1 cm³/mol. The van der Waals surface area contributed by atoms with Gasteiger partial charge in [-0.05, 0) is 0 Å². The monoisotopic (exact) mass is 348 g/mol. The molecule has 0 spiro atoms. The Bertz CT molecular complexity index is 256. The van der Waals surface area contributed by atoms with E-state index in [9.17, 15) is 9.59 Å². The Morgan fingerprint density at radius 2 is 1.50 bits per heavy atom. The summed E-state index contributed by atoms with van der Waals surface area (Å²) in [7, 11) is 0. The molecule has 0 radical (unpaired) electrons. The Kier molecular flexibility index (Phi) is 14.8. The third-order valence-corrected chi connectivity index (χ3v) is 5.86. The molecule has 0 aliphatic rings. The quantitative estimate of drug-likeness (QED) is 0.225. The Balaban J connectivity index is 3.22. The van der Waals surface area contributed by atoms with Crippen LogP contribution in [0.25, 0.3) is 0 Å². The van der Waals surface area contributed by atoms with Crippen LogP contribution < -0.4 is 0 Å². The molecule has 0 aromatic carbocycles. The van der Waals surface area contributed by atoms with Gasteiger partial charge in [0.05, 0.1) is 0 Å². The van der Waals surface area contributed by atoms with Crippen molar-refractivity contribution in [3.8, 4) is 0 Å². The fourth-order valence-electron chi connectivity index (χ4n) is 2.00. The van der Waals surface area contributed by atoms with Gasteiger partial charge in [0.1, 0.15) is 0 Å². The molecule has 0 aliphatic heterocycles. The second-order valence-corrected chi connectivity index (χ2v) is 8.10. The Labute approximate surface area is 129 Å². The second-order valence-electron chi connectivity index (χ2n) is 5.14. The summed E-state index contributed by atoms with van der Waals surface area (Å²) in [5, 5.41) is 9.18. The second kappa shape index (κ2) is 15.1. The number of carbonyl (C=O) groups excluding carboxylic acids is 2. The Morgan fingerprint density at radius 1 is 0.900 bits per heavy atom. The predicted octanol–water partition coefficient (Wildman–Crippen LogP) is 3.70. The number of hydrogen-bond donors (Lipinski definition) is 1. The Hall–Kier alpha value is -0.342. The summed E-state index contributed by atoms with van der Waals surface area (Å²) < 4.78 is 0.411. The molecule has 118 valence electrons. The van der Waals surface area contributed by atoms with Gasteiger partial charge in [0.15, 0.2) is 0 Å². The molecule has 0 aromatic rings. The first-order valence-electron chi connectivity index (χ1n) is 7.81. The molecule has 1 atom stereocenters. The van der Waals surface area contributed by atoms with Crippen LogP contribution in [0.15, 0.2) is 0 Å². The van der Waals surface area contributed by atoms with Crippen molar-refractivity contribution in [2.24, 2.45) is 0 Å². The van der Waals surface area contributed by atoms with Crippen molar-refractivity contribution in [1.82, 2.24) is 0 Å². The molecule has 0 amide bonds. The van der Waals surface area contributed by atoms with Gasteiger partial charge in [-0.3, -0.25) is 0 Å². The van der Waals surface area contributed by atoms with Crippen LogP contribution >= 0.6 is 0 Å². The summed E-state index contributed by atoms with van der Waals surface area (Å²) in [6.07, 6.45) is 11.2. The molecule has 0 saturated carbocycles. The first-order valence-corrected chi connectivity index (χ1v) is 10.3. The topological polar surface area (TPSA) is 63.6 Å². The van der Waals surface area contributed by atoms with Crippen LogP contribution in [0.2, 0.25) is 5.21 Å². The Morgan fingerprint density at radius 3 is 2.15 bits per heavy atom. The maximum atomic E-state index is 11.6. The minimum atomic E-state index is -0.614. The van der Waals surface area contributed by atoms with Gasteiger partial charge in [-0.2, -0.15) is 0 Å². The van der Waals surface area contributed by atoms with Gasteiger partial charge < -0.3 is 0 Å². The molecule has 4 nitrogen and oxygen atoms in total. The molecule has 0 fully saturated rings. The molecule has 1 N–H and O–H groups in total. The third kappa shape index (κ3) is 14.1. The zero-order valence-electron chi connectivity index (χ0n) is 12.7. The normalized spacial score (nSPS) is 11.1.